The normalized spacial score (nSPS) is 23.7. The molecular weight excluding hydrogens is 388 g/mol. The highest BCUT2D eigenvalue weighted by atomic mass is 16.2. The van der Waals surface area contributed by atoms with Gasteiger partial charge in [0, 0.05) is 58.3 Å². The minimum absolute atomic E-state index is 0.0457. The summed E-state index contributed by atoms with van der Waals surface area (Å²) >= 11 is 0. The van der Waals surface area contributed by atoms with E-state index in [1.165, 1.54) is 12.0 Å². The Kier molecular flexibility index (Phi) is 7.97. The van der Waals surface area contributed by atoms with Crippen LogP contribution in [0, 0.1) is 5.92 Å². The predicted molar refractivity (Wildman–Crippen MR) is 122 cm³/mol. The van der Waals surface area contributed by atoms with Crippen molar-refractivity contribution in [1.82, 2.24) is 20.0 Å². The Morgan fingerprint density at radius 1 is 0.839 bits per heavy atom. The molecule has 1 N–H and O–H groups in total. The number of rotatable bonds is 7. The van der Waals surface area contributed by atoms with Crippen molar-refractivity contribution in [3.63, 3.8) is 0 Å². The molecule has 0 bridgehead atoms. The lowest BCUT2D eigenvalue weighted by atomic mass is 9.88. The maximum Gasteiger partial charge on any atom is 0.242 e. The Balaban J connectivity index is 1.16. The van der Waals surface area contributed by atoms with Crippen LogP contribution in [0.5, 0.6) is 0 Å². The third-order valence-corrected chi connectivity index (χ3v) is 7.23. The van der Waals surface area contributed by atoms with Crippen molar-refractivity contribution in [2.75, 3.05) is 45.8 Å². The molecule has 1 unspecified atom stereocenters. The van der Waals surface area contributed by atoms with Gasteiger partial charge in [-0.25, -0.2) is 0 Å². The zero-order valence-electron chi connectivity index (χ0n) is 18.8. The minimum atomic E-state index is -0.253. The molecule has 2 saturated heterocycles. The molecule has 31 heavy (non-hydrogen) atoms. The summed E-state index contributed by atoms with van der Waals surface area (Å²) in [4.78, 5) is 32.6. The summed E-state index contributed by atoms with van der Waals surface area (Å²) < 4.78 is 0. The van der Waals surface area contributed by atoms with E-state index in [0.717, 1.165) is 84.3 Å². The van der Waals surface area contributed by atoms with Gasteiger partial charge in [0.1, 0.15) is 6.04 Å². The quantitative estimate of drug-likeness (QED) is 0.728. The van der Waals surface area contributed by atoms with Crippen molar-refractivity contribution in [2.24, 2.45) is 5.92 Å². The molecule has 1 atom stereocenters. The second-order valence-electron chi connectivity index (χ2n) is 9.42. The molecule has 1 aromatic carbocycles. The molecule has 3 fully saturated rings. The molecule has 6 heteroatoms. The summed E-state index contributed by atoms with van der Waals surface area (Å²) in [5.74, 6) is 0.422. The smallest absolute Gasteiger partial charge is 0.242 e. The van der Waals surface area contributed by atoms with E-state index in [-0.39, 0.29) is 23.8 Å². The van der Waals surface area contributed by atoms with Crippen molar-refractivity contribution in [3.8, 4) is 0 Å². The summed E-state index contributed by atoms with van der Waals surface area (Å²) in [5.41, 5.74) is 1.37. The minimum Gasteiger partial charge on any atom is -0.353 e. The van der Waals surface area contributed by atoms with Crippen LogP contribution in [0.2, 0.25) is 0 Å². The van der Waals surface area contributed by atoms with Gasteiger partial charge < -0.3 is 10.2 Å². The van der Waals surface area contributed by atoms with Gasteiger partial charge in [-0.15, -0.1) is 0 Å². The Morgan fingerprint density at radius 3 is 2.29 bits per heavy atom. The molecule has 0 aromatic heterocycles. The third kappa shape index (κ3) is 6.07. The maximum absolute atomic E-state index is 12.9. The number of likely N-dealkylation sites (tertiary alicyclic amines) is 1. The molecule has 2 amide bonds. The fourth-order valence-electron chi connectivity index (χ4n) is 5.35. The Morgan fingerprint density at radius 2 is 1.55 bits per heavy atom. The number of hydrogen-bond acceptors (Lipinski definition) is 4. The van der Waals surface area contributed by atoms with Crippen LogP contribution in [-0.2, 0) is 16.1 Å². The predicted octanol–water partition coefficient (Wildman–Crippen LogP) is 2.49. The van der Waals surface area contributed by atoms with Gasteiger partial charge in [0.2, 0.25) is 11.8 Å². The number of nitrogens with zero attached hydrogens (tertiary/aromatic N) is 3. The second-order valence-corrected chi connectivity index (χ2v) is 9.42. The van der Waals surface area contributed by atoms with E-state index in [9.17, 15) is 9.59 Å². The molecule has 1 aromatic rings. The summed E-state index contributed by atoms with van der Waals surface area (Å²) in [6.45, 7) is 7.52. The first-order valence-electron chi connectivity index (χ1n) is 12.3. The second kappa shape index (κ2) is 11.1. The highest BCUT2D eigenvalue weighted by molar-refractivity contribution is 5.89. The molecule has 2 heterocycles. The highest BCUT2D eigenvalue weighted by Crippen LogP contribution is 2.28. The SMILES string of the molecule is O=C(NCCN1CCN(Cc2ccccc2)CC1)C1CCCN1C(=O)C1CCCCC1. The van der Waals surface area contributed by atoms with Gasteiger partial charge in [0.25, 0.3) is 0 Å². The molecule has 3 aliphatic rings. The van der Waals surface area contributed by atoms with E-state index in [2.05, 4.69) is 45.4 Å². The number of carbonyl (C=O) groups is 2. The number of amides is 2. The van der Waals surface area contributed by atoms with E-state index >= 15 is 0 Å². The Bertz CT molecular complexity index is 711. The molecule has 4 rings (SSSR count). The average molecular weight is 427 g/mol. The zero-order chi connectivity index (χ0) is 21.5. The molecule has 6 nitrogen and oxygen atoms in total. The summed E-state index contributed by atoms with van der Waals surface area (Å²) in [6, 6.07) is 10.4. The van der Waals surface area contributed by atoms with Crippen LogP contribution in [0.1, 0.15) is 50.5 Å². The molecule has 0 radical (unpaired) electrons. The number of hydrogen-bond donors (Lipinski definition) is 1. The number of piperazine rings is 1. The first kappa shape index (κ1) is 22.3. The number of carbonyl (C=O) groups excluding carboxylic acids is 2. The zero-order valence-corrected chi connectivity index (χ0v) is 18.8. The lowest BCUT2D eigenvalue weighted by Crippen LogP contribution is -2.51. The lowest BCUT2D eigenvalue weighted by molar-refractivity contribution is -0.142. The van der Waals surface area contributed by atoms with Gasteiger partial charge >= 0.3 is 0 Å². The van der Waals surface area contributed by atoms with Gasteiger partial charge in [-0.3, -0.25) is 19.4 Å². The van der Waals surface area contributed by atoms with Crippen LogP contribution in [0.15, 0.2) is 30.3 Å². The topological polar surface area (TPSA) is 55.9 Å². The van der Waals surface area contributed by atoms with Crippen molar-refractivity contribution in [1.29, 1.82) is 0 Å². The molecular formula is C25H38N4O2. The summed E-state index contributed by atoms with van der Waals surface area (Å²) in [5, 5.41) is 3.12. The van der Waals surface area contributed by atoms with E-state index in [4.69, 9.17) is 0 Å². The molecule has 170 valence electrons. The maximum atomic E-state index is 12.9. The van der Waals surface area contributed by atoms with Crippen LogP contribution in [-0.4, -0.2) is 78.4 Å². The van der Waals surface area contributed by atoms with Gasteiger partial charge in [-0.2, -0.15) is 0 Å². The average Bonchev–Trinajstić information content (AvgIpc) is 3.31. The van der Waals surface area contributed by atoms with Crippen molar-refractivity contribution < 1.29 is 9.59 Å². The Labute approximate surface area is 187 Å². The van der Waals surface area contributed by atoms with Gasteiger partial charge in [0.15, 0.2) is 0 Å². The first-order chi connectivity index (χ1) is 15.2. The molecule has 1 saturated carbocycles. The summed E-state index contributed by atoms with van der Waals surface area (Å²) in [6.07, 6.45) is 7.30. The Hall–Kier alpha value is -1.92. The fourth-order valence-corrected chi connectivity index (χ4v) is 5.35. The van der Waals surface area contributed by atoms with Crippen LogP contribution in [0.4, 0.5) is 0 Å². The molecule has 0 spiro atoms. The van der Waals surface area contributed by atoms with E-state index in [0.29, 0.717) is 6.54 Å². The van der Waals surface area contributed by atoms with Crippen molar-refractivity contribution in [2.45, 2.75) is 57.5 Å². The molecule has 2 aliphatic heterocycles. The highest BCUT2D eigenvalue weighted by Gasteiger charge is 2.37. The monoisotopic (exact) mass is 426 g/mol. The van der Waals surface area contributed by atoms with Gasteiger partial charge in [-0.05, 0) is 31.2 Å². The van der Waals surface area contributed by atoms with Crippen LogP contribution >= 0.6 is 0 Å². The fraction of sp³-hybridized carbons (Fsp3) is 0.680. The first-order valence-corrected chi connectivity index (χ1v) is 12.3. The number of nitrogens with one attached hydrogen (secondary N) is 1. The van der Waals surface area contributed by atoms with Crippen molar-refractivity contribution in [3.05, 3.63) is 35.9 Å². The third-order valence-electron chi connectivity index (χ3n) is 7.23. The van der Waals surface area contributed by atoms with Crippen molar-refractivity contribution >= 4 is 11.8 Å². The van der Waals surface area contributed by atoms with Crippen LogP contribution in [0.3, 0.4) is 0 Å². The standard InChI is InChI=1S/C25H38N4O2/c30-24(23-12-7-14-29(23)25(31)22-10-5-2-6-11-22)26-13-15-27-16-18-28(19-17-27)20-21-8-3-1-4-9-21/h1,3-4,8-9,22-23H,2,5-7,10-20H2,(H,26,30). The van der Waals surface area contributed by atoms with Crippen LogP contribution < -0.4 is 5.32 Å². The van der Waals surface area contributed by atoms with Crippen LogP contribution in [0.25, 0.3) is 0 Å². The van der Waals surface area contributed by atoms with Gasteiger partial charge in [-0.1, -0.05) is 49.6 Å². The van der Waals surface area contributed by atoms with E-state index in [1.54, 1.807) is 0 Å². The van der Waals surface area contributed by atoms with E-state index < -0.39 is 0 Å². The molecule has 1 aliphatic carbocycles. The summed E-state index contributed by atoms with van der Waals surface area (Å²) in [7, 11) is 0. The van der Waals surface area contributed by atoms with Gasteiger partial charge in [0.05, 0.1) is 0 Å². The lowest BCUT2D eigenvalue weighted by Gasteiger charge is -2.35. The number of benzene rings is 1. The largest absolute Gasteiger partial charge is 0.353 e. The van der Waals surface area contributed by atoms with E-state index in [1.807, 2.05) is 4.90 Å².